The Labute approximate surface area is 99.9 Å². The maximum absolute atomic E-state index is 5.56. The standard InChI is InChI=1S/C13H14N2S/c14-9-11-5-4-6-12(15-11)10-16-13-7-2-1-3-8-13/h1-8H,9-10,14H2. The second-order valence-corrected chi connectivity index (χ2v) is 4.47. The average molecular weight is 230 g/mol. The fourth-order valence-electron chi connectivity index (χ4n) is 1.40. The van der Waals surface area contributed by atoms with Gasteiger partial charge in [0.15, 0.2) is 0 Å². The molecule has 1 aromatic heterocycles. The lowest BCUT2D eigenvalue weighted by atomic mass is 10.3. The van der Waals surface area contributed by atoms with Crippen LogP contribution in [0.4, 0.5) is 0 Å². The monoisotopic (exact) mass is 230 g/mol. The summed E-state index contributed by atoms with van der Waals surface area (Å²) < 4.78 is 0. The summed E-state index contributed by atoms with van der Waals surface area (Å²) in [6, 6.07) is 16.3. The first-order valence-electron chi connectivity index (χ1n) is 5.21. The zero-order chi connectivity index (χ0) is 11.2. The molecule has 0 fully saturated rings. The van der Waals surface area contributed by atoms with E-state index in [9.17, 15) is 0 Å². The first-order chi connectivity index (χ1) is 7.88. The number of thioether (sulfide) groups is 1. The molecule has 0 amide bonds. The fraction of sp³-hybridized carbons (Fsp3) is 0.154. The molecule has 0 bridgehead atoms. The first kappa shape index (κ1) is 11.2. The van der Waals surface area contributed by atoms with Gasteiger partial charge in [0.05, 0.1) is 11.4 Å². The molecule has 2 rings (SSSR count). The van der Waals surface area contributed by atoms with Gasteiger partial charge in [-0.15, -0.1) is 11.8 Å². The molecule has 0 saturated heterocycles. The summed E-state index contributed by atoms with van der Waals surface area (Å²) in [5.41, 5.74) is 7.59. The van der Waals surface area contributed by atoms with Gasteiger partial charge in [-0.3, -0.25) is 4.98 Å². The van der Waals surface area contributed by atoms with E-state index in [2.05, 4.69) is 17.1 Å². The summed E-state index contributed by atoms with van der Waals surface area (Å²) in [6.07, 6.45) is 0. The van der Waals surface area contributed by atoms with Crippen LogP contribution in [-0.2, 0) is 12.3 Å². The number of nitrogens with zero attached hydrogens (tertiary/aromatic N) is 1. The van der Waals surface area contributed by atoms with Crippen LogP contribution in [0.2, 0.25) is 0 Å². The van der Waals surface area contributed by atoms with Gasteiger partial charge in [0.25, 0.3) is 0 Å². The molecule has 0 atom stereocenters. The van der Waals surface area contributed by atoms with Gasteiger partial charge >= 0.3 is 0 Å². The van der Waals surface area contributed by atoms with Crippen LogP contribution in [0.25, 0.3) is 0 Å². The molecule has 2 aromatic rings. The van der Waals surface area contributed by atoms with E-state index in [1.807, 2.05) is 36.4 Å². The van der Waals surface area contributed by atoms with E-state index in [1.165, 1.54) is 4.90 Å². The highest BCUT2D eigenvalue weighted by Gasteiger charge is 1.98. The van der Waals surface area contributed by atoms with Crippen molar-refractivity contribution in [3.63, 3.8) is 0 Å². The third-order valence-corrected chi connectivity index (χ3v) is 3.25. The molecule has 0 aliphatic heterocycles. The van der Waals surface area contributed by atoms with Crippen molar-refractivity contribution in [2.24, 2.45) is 5.73 Å². The zero-order valence-electron chi connectivity index (χ0n) is 8.97. The molecule has 0 aliphatic rings. The maximum atomic E-state index is 5.56. The van der Waals surface area contributed by atoms with Crippen molar-refractivity contribution in [1.29, 1.82) is 0 Å². The number of hydrogen-bond acceptors (Lipinski definition) is 3. The Morgan fingerprint density at radius 1 is 0.938 bits per heavy atom. The predicted octanol–water partition coefficient (Wildman–Crippen LogP) is 2.83. The van der Waals surface area contributed by atoms with E-state index in [0.717, 1.165) is 17.1 Å². The lowest BCUT2D eigenvalue weighted by molar-refractivity contribution is 0.965. The van der Waals surface area contributed by atoms with Crippen molar-refractivity contribution in [2.75, 3.05) is 0 Å². The van der Waals surface area contributed by atoms with Crippen molar-refractivity contribution >= 4 is 11.8 Å². The summed E-state index contributed by atoms with van der Waals surface area (Å²) in [4.78, 5) is 5.73. The summed E-state index contributed by atoms with van der Waals surface area (Å²) in [5, 5.41) is 0. The molecular weight excluding hydrogens is 216 g/mol. The molecule has 0 saturated carbocycles. The van der Waals surface area contributed by atoms with Crippen molar-refractivity contribution in [2.45, 2.75) is 17.2 Å². The number of nitrogens with two attached hydrogens (primary N) is 1. The molecule has 2 N–H and O–H groups in total. The molecule has 0 radical (unpaired) electrons. The van der Waals surface area contributed by atoms with Crippen LogP contribution in [0.15, 0.2) is 53.4 Å². The zero-order valence-corrected chi connectivity index (χ0v) is 9.78. The molecule has 16 heavy (non-hydrogen) atoms. The SMILES string of the molecule is NCc1cccc(CSc2ccccc2)n1. The molecule has 1 aromatic carbocycles. The van der Waals surface area contributed by atoms with Crippen LogP contribution in [0.1, 0.15) is 11.4 Å². The first-order valence-corrected chi connectivity index (χ1v) is 6.20. The molecule has 0 aliphatic carbocycles. The van der Waals surface area contributed by atoms with E-state index in [-0.39, 0.29) is 0 Å². The molecule has 0 spiro atoms. The Balaban J connectivity index is 1.99. The van der Waals surface area contributed by atoms with Crippen LogP contribution in [0.3, 0.4) is 0 Å². The summed E-state index contributed by atoms with van der Waals surface area (Å²) in [6.45, 7) is 0.504. The summed E-state index contributed by atoms with van der Waals surface area (Å²) in [7, 11) is 0. The van der Waals surface area contributed by atoms with E-state index in [1.54, 1.807) is 11.8 Å². The predicted molar refractivity (Wildman–Crippen MR) is 68.1 cm³/mol. The van der Waals surface area contributed by atoms with Crippen LogP contribution >= 0.6 is 11.8 Å². The van der Waals surface area contributed by atoms with E-state index in [4.69, 9.17) is 5.73 Å². The van der Waals surface area contributed by atoms with Gasteiger partial charge in [0.2, 0.25) is 0 Å². The topological polar surface area (TPSA) is 38.9 Å². The third kappa shape index (κ3) is 3.08. The second-order valence-electron chi connectivity index (χ2n) is 3.43. The number of pyridine rings is 1. The summed E-state index contributed by atoms with van der Waals surface area (Å²) >= 11 is 1.79. The highest BCUT2D eigenvalue weighted by atomic mass is 32.2. The van der Waals surface area contributed by atoms with E-state index < -0.39 is 0 Å². The smallest absolute Gasteiger partial charge is 0.0543 e. The van der Waals surface area contributed by atoms with Gasteiger partial charge in [-0.25, -0.2) is 0 Å². The second kappa shape index (κ2) is 5.68. The highest BCUT2D eigenvalue weighted by Crippen LogP contribution is 2.21. The molecule has 3 heteroatoms. The van der Waals surface area contributed by atoms with Gasteiger partial charge < -0.3 is 5.73 Å². The van der Waals surface area contributed by atoms with Gasteiger partial charge in [-0.05, 0) is 24.3 Å². The van der Waals surface area contributed by atoms with Crippen LogP contribution in [-0.4, -0.2) is 4.98 Å². The Morgan fingerprint density at radius 2 is 1.69 bits per heavy atom. The third-order valence-electron chi connectivity index (χ3n) is 2.20. The van der Waals surface area contributed by atoms with Crippen molar-refractivity contribution in [3.8, 4) is 0 Å². The highest BCUT2D eigenvalue weighted by molar-refractivity contribution is 7.98. The minimum atomic E-state index is 0.504. The van der Waals surface area contributed by atoms with E-state index >= 15 is 0 Å². The quantitative estimate of drug-likeness (QED) is 0.821. The number of aromatic nitrogens is 1. The normalized spacial score (nSPS) is 10.3. The van der Waals surface area contributed by atoms with Gasteiger partial charge in [0, 0.05) is 17.2 Å². The molecule has 1 heterocycles. The lowest BCUT2D eigenvalue weighted by Gasteiger charge is -2.03. The number of benzene rings is 1. The lowest BCUT2D eigenvalue weighted by Crippen LogP contribution is -2.00. The molecule has 2 nitrogen and oxygen atoms in total. The minimum Gasteiger partial charge on any atom is -0.325 e. The minimum absolute atomic E-state index is 0.504. The van der Waals surface area contributed by atoms with Crippen molar-refractivity contribution in [1.82, 2.24) is 4.98 Å². The average Bonchev–Trinajstić information content (AvgIpc) is 2.38. The van der Waals surface area contributed by atoms with Gasteiger partial charge in [-0.2, -0.15) is 0 Å². The van der Waals surface area contributed by atoms with Crippen molar-refractivity contribution < 1.29 is 0 Å². The molecular formula is C13H14N2S. The number of hydrogen-bond donors (Lipinski definition) is 1. The molecule has 82 valence electrons. The van der Waals surface area contributed by atoms with Crippen LogP contribution < -0.4 is 5.73 Å². The Bertz CT molecular complexity index is 443. The van der Waals surface area contributed by atoms with Crippen LogP contribution in [0, 0.1) is 0 Å². The largest absolute Gasteiger partial charge is 0.325 e. The maximum Gasteiger partial charge on any atom is 0.0543 e. The van der Waals surface area contributed by atoms with E-state index in [0.29, 0.717) is 6.54 Å². The van der Waals surface area contributed by atoms with Crippen LogP contribution in [0.5, 0.6) is 0 Å². The van der Waals surface area contributed by atoms with Gasteiger partial charge in [0.1, 0.15) is 0 Å². The summed E-state index contributed by atoms with van der Waals surface area (Å²) in [5.74, 6) is 0.887. The Morgan fingerprint density at radius 3 is 2.44 bits per heavy atom. The van der Waals surface area contributed by atoms with Gasteiger partial charge in [-0.1, -0.05) is 24.3 Å². The Kier molecular flexibility index (Phi) is 3.97. The fourth-order valence-corrected chi connectivity index (χ4v) is 2.22. The Hall–Kier alpha value is -1.32. The van der Waals surface area contributed by atoms with Crippen molar-refractivity contribution in [3.05, 3.63) is 59.9 Å². The molecule has 0 unspecified atom stereocenters. The number of rotatable bonds is 4.